The van der Waals surface area contributed by atoms with Gasteiger partial charge < -0.3 is 24.6 Å². The van der Waals surface area contributed by atoms with Gasteiger partial charge in [0.15, 0.2) is 6.79 Å². The van der Waals surface area contributed by atoms with E-state index in [2.05, 4.69) is 24.4 Å². The Hall–Kier alpha value is -3.84. The van der Waals surface area contributed by atoms with Crippen molar-refractivity contribution in [1.29, 1.82) is 0 Å². The molecule has 0 saturated heterocycles. The fraction of sp³-hybridized carbons (Fsp3) is 0.375. The van der Waals surface area contributed by atoms with Crippen LogP contribution < -0.4 is 14.8 Å². The van der Waals surface area contributed by atoms with Gasteiger partial charge in [-0.05, 0) is 90.9 Å². The van der Waals surface area contributed by atoms with Gasteiger partial charge in [-0.3, -0.25) is 9.59 Å². The minimum absolute atomic E-state index is 0.164. The van der Waals surface area contributed by atoms with Crippen molar-refractivity contribution >= 4 is 11.9 Å². The number of benzene rings is 3. The molecular formula is C32H39NO6. The lowest BCUT2D eigenvalue weighted by molar-refractivity contribution is -0.142. The van der Waals surface area contributed by atoms with Crippen LogP contribution in [0.3, 0.4) is 0 Å². The number of rotatable bonds is 15. The molecule has 1 unspecified atom stereocenters. The van der Waals surface area contributed by atoms with E-state index in [1.807, 2.05) is 62.4 Å². The minimum Gasteiger partial charge on any atom is -0.492 e. The van der Waals surface area contributed by atoms with Crippen LogP contribution in [-0.4, -0.2) is 44.0 Å². The number of aryl methyl sites for hydroxylation is 2. The molecule has 3 aromatic carbocycles. The van der Waals surface area contributed by atoms with Gasteiger partial charge in [0.25, 0.3) is 5.91 Å². The zero-order chi connectivity index (χ0) is 28.2. The van der Waals surface area contributed by atoms with E-state index in [1.165, 1.54) is 0 Å². The molecule has 0 fully saturated rings. The maximum Gasteiger partial charge on any atom is 0.306 e. The highest BCUT2D eigenvalue weighted by Gasteiger charge is 2.17. The van der Waals surface area contributed by atoms with Crippen molar-refractivity contribution in [3.05, 3.63) is 82.9 Å². The number of carbonyl (C=O) groups is 2. The van der Waals surface area contributed by atoms with E-state index < -0.39 is 5.97 Å². The van der Waals surface area contributed by atoms with Gasteiger partial charge >= 0.3 is 5.97 Å². The Kier molecular flexibility index (Phi) is 11.4. The van der Waals surface area contributed by atoms with E-state index in [4.69, 9.17) is 14.2 Å². The fourth-order valence-corrected chi connectivity index (χ4v) is 4.48. The molecule has 39 heavy (non-hydrogen) atoms. The Bertz CT molecular complexity index is 1200. The quantitative estimate of drug-likeness (QED) is 0.179. The Morgan fingerprint density at radius 2 is 1.59 bits per heavy atom. The van der Waals surface area contributed by atoms with Gasteiger partial charge in [0.2, 0.25) is 0 Å². The molecule has 208 valence electrons. The van der Waals surface area contributed by atoms with Crippen molar-refractivity contribution in [3.8, 4) is 22.6 Å². The zero-order valence-corrected chi connectivity index (χ0v) is 23.3. The predicted octanol–water partition coefficient (Wildman–Crippen LogP) is 6.20. The molecule has 1 amide bonds. The zero-order valence-electron chi connectivity index (χ0n) is 23.3. The van der Waals surface area contributed by atoms with Crippen molar-refractivity contribution in [1.82, 2.24) is 5.32 Å². The lowest BCUT2D eigenvalue weighted by Gasteiger charge is -2.14. The number of nitrogens with one attached hydrogen (secondary N) is 1. The molecule has 0 saturated carbocycles. The average molecular weight is 534 g/mol. The van der Waals surface area contributed by atoms with Crippen LogP contribution in [0.5, 0.6) is 11.5 Å². The second-order valence-corrected chi connectivity index (χ2v) is 9.70. The van der Waals surface area contributed by atoms with Gasteiger partial charge in [0.1, 0.15) is 18.1 Å². The summed E-state index contributed by atoms with van der Waals surface area (Å²) in [7, 11) is 1.60. The largest absolute Gasteiger partial charge is 0.492 e. The number of hydrogen-bond acceptors (Lipinski definition) is 5. The number of carbonyl (C=O) groups excluding carboxylic acids is 1. The van der Waals surface area contributed by atoms with E-state index in [0.29, 0.717) is 37.3 Å². The standard InChI is InChI=1S/C32H39NO6/c1-5-6-7-27(32(35)36)20-24-8-14-29(15-9-24)38-17-16-33-31(34)26-12-10-25(11-13-26)28-18-22(2)30(23(3)19-28)39-21-37-4/h8-15,18-19,27H,5-7,16-17,20-21H2,1-4H3,(H,33,34)(H,35,36). The van der Waals surface area contributed by atoms with Crippen LogP contribution in [0.15, 0.2) is 60.7 Å². The Morgan fingerprint density at radius 3 is 2.18 bits per heavy atom. The first-order valence-electron chi connectivity index (χ1n) is 13.4. The normalized spacial score (nSPS) is 11.6. The molecule has 0 aromatic heterocycles. The highest BCUT2D eigenvalue weighted by molar-refractivity contribution is 5.94. The van der Waals surface area contributed by atoms with E-state index >= 15 is 0 Å². The molecule has 7 nitrogen and oxygen atoms in total. The summed E-state index contributed by atoms with van der Waals surface area (Å²) in [6, 6.07) is 19.1. The second kappa shape index (κ2) is 14.9. The summed E-state index contributed by atoms with van der Waals surface area (Å²) < 4.78 is 16.4. The summed E-state index contributed by atoms with van der Waals surface area (Å²) in [4.78, 5) is 24.1. The van der Waals surface area contributed by atoms with Crippen LogP contribution in [0.25, 0.3) is 11.1 Å². The number of carboxylic acid groups (broad SMARTS) is 1. The molecule has 7 heteroatoms. The molecule has 0 aliphatic carbocycles. The van der Waals surface area contributed by atoms with Gasteiger partial charge in [-0.25, -0.2) is 0 Å². The number of hydrogen-bond donors (Lipinski definition) is 2. The maximum atomic E-state index is 12.6. The van der Waals surface area contributed by atoms with E-state index in [0.717, 1.165) is 46.4 Å². The summed E-state index contributed by atoms with van der Waals surface area (Å²) in [5.74, 6) is 0.228. The summed E-state index contributed by atoms with van der Waals surface area (Å²) >= 11 is 0. The van der Waals surface area contributed by atoms with Crippen LogP contribution in [0.4, 0.5) is 0 Å². The number of amides is 1. The van der Waals surface area contributed by atoms with Gasteiger partial charge in [-0.1, -0.05) is 44.0 Å². The average Bonchev–Trinajstić information content (AvgIpc) is 2.93. The first-order chi connectivity index (χ1) is 18.8. The number of ether oxygens (including phenoxy) is 3. The molecule has 3 rings (SSSR count). The Morgan fingerprint density at radius 1 is 0.923 bits per heavy atom. The SMILES string of the molecule is CCCCC(Cc1ccc(OCCNC(=O)c2ccc(-c3cc(C)c(OCOC)c(C)c3)cc2)cc1)C(=O)O. The van der Waals surface area contributed by atoms with Crippen LogP contribution >= 0.6 is 0 Å². The monoisotopic (exact) mass is 533 g/mol. The maximum absolute atomic E-state index is 12.6. The third-order valence-corrected chi connectivity index (χ3v) is 6.58. The molecule has 3 aromatic rings. The van der Waals surface area contributed by atoms with Crippen LogP contribution in [0, 0.1) is 19.8 Å². The molecule has 0 radical (unpaired) electrons. The summed E-state index contributed by atoms with van der Waals surface area (Å²) in [6.07, 6.45) is 3.09. The molecule has 2 N–H and O–H groups in total. The highest BCUT2D eigenvalue weighted by Crippen LogP contribution is 2.30. The topological polar surface area (TPSA) is 94.1 Å². The van der Waals surface area contributed by atoms with Crippen LogP contribution in [0.1, 0.15) is 53.2 Å². The minimum atomic E-state index is -0.748. The Labute approximate surface area is 231 Å². The van der Waals surface area contributed by atoms with Gasteiger partial charge in [-0.2, -0.15) is 0 Å². The number of methoxy groups -OCH3 is 1. The number of aliphatic carboxylic acids is 1. The van der Waals surface area contributed by atoms with E-state index in [-0.39, 0.29) is 18.6 Å². The van der Waals surface area contributed by atoms with Crippen LogP contribution in [-0.2, 0) is 16.0 Å². The summed E-state index contributed by atoms with van der Waals surface area (Å²) in [5, 5.41) is 12.3. The molecule has 1 atom stereocenters. The molecule has 0 heterocycles. The third-order valence-electron chi connectivity index (χ3n) is 6.58. The van der Waals surface area contributed by atoms with Crippen molar-refractivity contribution in [2.75, 3.05) is 27.1 Å². The van der Waals surface area contributed by atoms with E-state index in [1.54, 1.807) is 7.11 Å². The lowest BCUT2D eigenvalue weighted by Crippen LogP contribution is -2.28. The van der Waals surface area contributed by atoms with Gasteiger partial charge in [-0.15, -0.1) is 0 Å². The van der Waals surface area contributed by atoms with Crippen molar-refractivity contribution < 1.29 is 28.9 Å². The highest BCUT2D eigenvalue weighted by atomic mass is 16.7. The van der Waals surface area contributed by atoms with E-state index in [9.17, 15) is 14.7 Å². The fourth-order valence-electron chi connectivity index (χ4n) is 4.48. The smallest absolute Gasteiger partial charge is 0.306 e. The first-order valence-corrected chi connectivity index (χ1v) is 13.4. The van der Waals surface area contributed by atoms with Crippen molar-refractivity contribution in [2.45, 2.75) is 46.5 Å². The lowest BCUT2D eigenvalue weighted by atomic mass is 9.94. The van der Waals surface area contributed by atoms with Crippen molar-refractivity contribution in [3.63, 3.8) is 0 Å². The first kappa shape index (κ1) is 29.7. The Balaban J connectivity index is 1.47. The van der Waals surface area contributed by atoms with Crippen molar-refractivity contribution in [2.24, 2.45) is 5.92 Å². The third kappa shape index (κ3) is 8.86. The molecule has 0 bridgehead atoms. The second-order valence-electron chi connectivity index (χ2n) is 9.70. The molecule has 0 aliphatic heterocycles. The molecule has 0 spiro atoms. The summed E-state index contributed by atoms with van der Waals surface area (Å²) in [6.45, 7) is 6.96. The van der Waals surface area contributed by atoms with Crippen LogP contribution in [0.2, 0.25) is 0 Å². The number of unbranched alkanes of at least 4 members (excludes halogenated alkanes) is 1. The molecule has 0 aliphatic rings. The summed E-state index contributed by atoms with van der Waals surface area (Å²) in [5.41, 5.74) is 5.67. The predicted molar refractivity (Wildman–Crippen MR) is 152 cm³/mol. The molecular weight excluding hydrogens is 494 g/mol. The van der Waals surface area contributed by atoms with Gasteiger partial charge in [0.05, 0.1) is 12.5 Å². The van der Waals surface area contributed by atoms with Gasteiger partial charge in [0, 0.05) is 12.7 Å². The number of carboxylic acids is 1.